The average molecular weight is 237 g/mol. The van der Waals surface area contributed by atoms with Gasteiger partial charge in [0.05, 0.1) is 0 Å². The van der Waals surface area contributed by atoms with Gasteiger partial charge in [-0.15, -0.1) is 0 Å². The van der Waals surface area contributed by atoms with Crippen LogP contribution in [0.25, 0.3) is 0 Å². The first kappa shape index (κ1) is 12.6. The van der Waals surface area contributed by atoms with Gasteiger partial charge in [-0.1, -0.05) is 55.8 Å². The minimum atomic E-state index is 0.0394. The van der Waals surface area contributed by atoms with Crippen LogP contribution >= 0.6 is 0 Å². The smallest absolute Gasteiger partial charge is 0.193 e. The maximum atomic E-state index is 12.3. The largest absolute Gasteiger partial charge is 0.289 e. The molecule has 0 aliphatic carbocycles. The maximum absolute atomic E-state index is 12.3. The summed E-state index contributed by atoms with van der Waals surface area (Å²) in [6, 6.07) is 16.5. The van der Waals surface area contributed by atoms with Crippen molar-refractivity contribution in [3.8, 4) is 0 Å². The van der Waals surface area contributed by atoms with Crippen LogP contribution in [0.5, 0.6) is 0 Å². The molecule has 2 aromatic carbocycles. The Morgan fingerprint density at radius 1 is 1.11 bits per heavy atom. The van der Waals surface area contributed by atoms with Crippen molar-refractivity contribution in [2.45, 2.75) is 26.7 Å². The van der Waals surface area contributed by atoms with Crippen LogP contribution in [0.1, 0.15) is 46.8 Å². The van der Waals surface area contributed by atoms with Gasteiger partial charge in [0.15, 0.2) is 5.78 Å². The Labute approximate surface area is 108 Å². The number of carbonyl (C=O) groups is 1. The second kappa shape index (κ2) is 5.18. The highest BCUT2D eigenvalue weighted by molar-refractivity contribution is 6.08. The fraction of sp³-hybridized carbons (Fsp3) is 0.235. The topological polar surface area (TPSA) is 17.1 Å². The molecule has 0 N–H and O–H groups in total. The van der Waals surface area contributed by atoms with Crippen LogP contribution in [0, 0.1) is 13.0 Å². The Balaban J connectivity index is 2.34. The molecule has 0 aliphatic rings. The van der Waals surface area contributed by atoms with Gasteiger partial charge in [-0.25, -0.2) is 0 Å². The molecule has 2 aromatic rings. The van der Waals surface area contributed by atoms with Crippen molar-refractivity contribution in [1.29, 1.82) is 0 Å². The normalized spacial score (nSPS) is 10.7. The van der Waals surface area contributed by atoms with E-state index in [1.807, 2.05) is 49.4 Å². The molecule has 18 heavy (non-hydrogen) atoms. The molecule has 0 heterocycles. The summed E-state index contributed by atoms with van der Waals surface area (Å²) in [5, 5.41) is 0. The lowest BCUT2D eigenvalue weighted by atomic mass is 9.96. The molecule has 0 aliphatic heterocycles. The third kappa shape index (κ3) is 2.67. The molecule has 91 valence electrons. The van der Waals surface area contributed by atoms with Gasteiger partial charge in [0.2, 0.25) is 0 Å². The number of hydrogen-bond acceptors (Lipinski definition) is 1. The summed E-state index contributed by atoms with van der Waals surface area (Å²) in [4.78, 5) is 12.3. The lowest BCUT2D eigenvalue weighted by Crippen LogP contribution is -2.02. The van der Waals surface area contributed by atoms with E-state index in [0.717, 1.165) is 11.1 Å². The van der Waals surface area contributed by atoms with Gasteiger partial charge in [0.1, 0.15) is 0 Å². The third-order valence-electron chi connectivity index (χ3n) is 3.05. The molecule has 0 saturated carbocycles. The van der Waals surface area contributed by atoms with E-state index in [9.17, 15) is 4.79 Å². The van der Waals surface area contributed by atoms with Crippen LogP contribution in [0.15, 0.2) is 42.5 Å². The molecule has 0 fully saturated rings. The van der Waals surface area contributed by atoms with Crippen molar-refractivity contribution in [3.05, 3.63) is 70.8 Å². The van der Waals surface area contributed by atoms with E-state index in [2.05, 4.69) is 19.9 Å². The standard InChI is InChI=1S/C17H17O/c1-12(2)15-5-4-6-16(11-15)17(18)14-9-7-13(3)8-10-14/h4-5,7-12H,1-3H3. The molecule has 0 spiro atoms. The summed E-state index contributed by atoms with van der Waals surface area (Å²) in [5.41, 5.74) is 3.69. The van der Waals surface area contributed by atoms with Crippen LogP contribution in [-0.2, 0) is 0 Å². The zero-order chi connectivity index (χ0) is 13.1. The second-order valence-corrected chi connectivity index (χ2v) is 4.89. The second-order valence-electron chi connectivity index (χ2n) is 4.89. The van der Waals surface area contributed by atoms with Crippen LogP contribution in [0.2, 0.25) is 0 Å². The predicted octanol–water partition coefficient (Wildman–Crippen LogP) is 4.15. The van der Waals surface area contributed by atoms with Crippen molar-refractivity contribution in [2.75, 3.05) is 0 Å². The van der Waals surface area contributed by atoms with Gasteiger partial charge in [0, 0.05) is 11.1 Å². The Morgan fingerprint density at radius 3 is 2.39 bits per heavy atom. The lowest BCUT2D eigenvalue weighted by molar-refractivity contribution is 0.103. The number of ketones is 1. The van der Waals surface area contributed by atoms with Crippen molar-refractivity contribution in [3.63, 3.8) is 0 Å². The highest BCUT2D eigenvalue weighted by atomic mass is 16.1. The maximum Gasteiger partial charge on any atom is 0.193 e. The van der Waals surface area contributed by atoms with Gasteiger partial charge in [-0.05, 0) is 30.5 Å². The minimum absolute atomic E-state index is 0.0394. The minimum Gasteiger partial charge on any atom is -0.289 e. The molecule has 0 unspecified atom stereocenters. The van der Waals surface area contributed by atoms with E-state index in [1.54, 1.807) is 0 Å². The average Bonchev–Trinajstić information content (AvgIpc) is 2.39. The van der Waals surface area contributed by atoms with Gasteiger partial charge in [0.25, 0.3) is 0 Å². The summed E-state index contributed by atoms with van der Waals surface area (Å²) in [6.07, 6.45) is 0. The molecule has 0 amide bonds. The first-order valence-electron chi connectivity index (χ1n) is 6.21. The van der Waals surface area contributed by atoms with Gasteiger partial charge >= 0.3 is 0 Å². The molecule has 0 bridgehead atoms. The van der Waals surface area contributed by atoms with Crippen LogP contribution in [0.3, 0.4) is 0 Å². The summed E-state index contributed by atoms with van der Waals surface area (Å²) in [5.74, 6) is 0.460. The quantitative estimate of drug-likeness (QED) is 0.733. The summed E-state index contributed by atoms with van der Waals surface area (Å²) < 4.78 is 0. The van der Waals surface area contributed by atoms with Crippen molar-refractivity contribution in [1.82, 2.24) is 0 Å². The third-order valence-corrected chi connectivity index (χ3v) is 3.05. The Morgan fingerprint density at radius 2 is 1.78 bits per heavy atom. The molecule has 1 nitrogen and oxygen atoms in total. The van der Waals surface area contributed by atoms with Crippen LogP contribution < -0.4 is 0 Å². The molecule has 0 aromatic heterocycles. The van der Waals surface area contributed by atoms with E-state index in [4.69, 9.17) is 0 Å². The van der Waals surface area contributed by atoms with Crippen molar-refractivity contribution < 1.29 is 4.79 Å². The van der Waals surface area contributed by atoms with E-state index in [0.29, 0.717) is 11.5 Å². The Kier molecular flexibility index (Phi) is 3.61. The van der Waals surface area contributed by atoms with Gasteiger partial charge in [-0.3, -0.25) is 4.79 Å². The summed E-state index contributed by atoms with van der Waals surface area (Å²) >= 11 is 0. The summed E-state index contributed by atoms with van der Waals surface area (Å²) in [6.45, 7) is 6.25. The van der Waals surface area contributed by atoms with Crippen LogP contribution in [0.4, 0.5) is 0 Å². The SMILES string of the molecule is Cc1ccc(C(=O)c2[c]ccc(C(C)C)c2)cc1. The lowest BCUT2D eigenvalue weighted by Gasteiger charge is -2.07. The van der Waals surface area contributed by atoms with Crippen LogP contribution in [-0.4, -0.2) is 5.78 Å². The molecule has 1 radical (unpaired) electrons. The molecule has 1 heteroatoms. The summed E-state index contributed by atoms with van der Waals surface area (Å²) in [7, 11) is 0. The van der Waals surface area contributed by atoms with E-state index in [-0.39, 0.29) is 5.78 Å². The number of hydrogen-bond donors (Lipinski definition) is 0. The van der Waals surface area contributed by atoms with E-state index in [1.165, 1.54) is 5.56 Å². The fourth-order valence-corrected chi connectivity index (χ4v) is 1.83. The molecular weight excluding hydrogens is 220 g/mol. The number of carbonyl (C=O) groups excluding carboxylic acids is 1. The molecular formula is C17H17O. The monoisotopic (exact) mass is 237 g/mol. The molecule has 0 saturated heterocycles. The fourth-order valence-electron chi connectivity index (χ4n) is 1.83. The van der Waals surface area contributed by atoms with Crippen molar-refractivity contribution in [2.24, 2.45) is 0 Å². The van der Waals surface area contributed by atoms with Crippen molar-refractivity contribution >= 4 is 5.78 Å². The molecule has 0 atom stereocenters. The zero-order valence-corrected chi connectivity index (χ0v) is 11.0. The molecule has 2 rings (SSSR count). The highest BCUT2D eigenvalue weighted by Gasteiger charge is 2.10. The zero-order valence-electron chi connectivity index (χ0n) is 11.0. The first-order chi connectivity index (χ1) is 8.58. The highest BCUT2D eigenvalue weighted by Crippen LogP contribution is 2.17. The van der Waals surface area contributed by atoms with E-state index < -0.39 is 0 Å². The number of benzene rings is 2. The number of aryl methyl sites for hydroxylation is 1. The van der Waals surface area contributed by atoms with Gasteiger partial charge < -0.3 is 0 Å². The Bertz CT molecular complexity index is 550. The van der Waals surface area contributed by atoms with Gasteiger partial charge in [-0.2, -0.15) is 0 Å². The number of rotatable bonds is 3. The van der Waals surface area contributed by atoms with E-state index >= 15 is 0 Å². The Hall–Kier alpha value is -1.89. The predicted molar refractivity (Wildman–Crippen MR) is 74.0 cm³/mol. The first-order valence-corrected chi connectivity index (χ1v) is 6.21.